The van der Waals surface area contributed by atoms with Crippen molar-refractivity contribution in [2.24, 2.45) is 35.5 Å². The quantitative estimate of drug-likeness (QED) is 0.123. The molecule has 1 spiro atoms. The Kier molecular flexibility index (Phi) is 15.0. The molecule has 5 aliphatic rings. The van der Waals surface area contributed by atoms with E-state index in [0.717, 1.165) is 38.5 Å². The van der Waals surface area contributed by atoms with E-state index in [2.05, 4.69) is 68.5 Å². The van der Waals surface area contributed by atoms with Gasteiger partial charge in [-0.25, -0.2) is 0 Å². The molecule has 0 unspecified atom stereocenters. The van der Waals surface area contributed by atoms with Crippen LogP contribution in [0, 0.1) is 35.5 Å². The Labute approximate surface area is 357 Å². The minimum atomic E-state index is -2.05. The molecule has 0 saturated carbocycles. The summed E-state index contributed by atoms with van der Waals surface area (Å²) in [5.74, 6) is -2.75. The van der Waals surface area contributed by atoms with Crippen molar-refractivity contribution < 1.29 is 56.6 Å². The van der Waals surface area contributed by atoms with Crippen LogP contribution in [-0.2, 0) is 56.6 Å². The molecule has 59 heavy (non-hydrogen) atoms. The van der Waals surface area contributed by atoms with Crippen LogP contribution in [0.1, 0.15) is 134 Å². The average molecular weight is 855 g/mol. The molecule has 0 aromatic rings. The lowest BCUT2D eigenvalue weighted by molar-refractivity contribution is -0.337. The molecule has 17 atom stereocenters. The van der Waals surface area contributed by atoms with Crippen LogP contribution in [0.2, 0.25) is 18.1 Å². The summed E-state index contributed by atoms with van der Waals surface area (Å²) in [6, 6.07) is 0. The van der Waals surface area contributed by atoms with E-state index in [-0.39, 0.29) is 71.0 Å². The van der Waals surface area contributed by atoms with Crippen LogP contribution in [0.4, 0.5) is 0 Å². The van der Waals surface area contributed by atoms with E-state index in [1.54, 1.807) is 14.2 Å². The number of rotatable bonds is 14. The van der Waals surface area contributed by atoms with Gasteiger partial charge in [-0.05, 0) is 82.3 Å². The fourth-order valence-corrected chi connectivity index (χ4v) is 12.2. The molecular formula is C46H82O12Si. The Morgan fingerprint density at radius 2 is 1.61 bits per heavy atom. The SMILES string of the molecule is CC[C@@]1([C@@H]2O[C@@H]([C@H]3O[C@](CO[Si](C)(C)C(C)(C)C)(OC)[C@H](C)C[C@@H]3C)C[C@@H]2C)CC[C@H]([C@]2(C)CC[C@]3(C[C@H](OC(C)=O)[C@@H](C)[C@@H]([C@@H](C)[C@@H](OC)[C@H](C)C(=O)OC)O3)O2)O1. The van der Waals surface area contributed by atoms with E-state index in [1.165, 1.54) is 14.0 Å². The van der Waals surface area contributed by atoms with Gasteiger partial charge in [-0.2, -0.15) is 0 Å². The molecule has 342 valence electrons. The van der Waals surface area contributed by atoms with Gasteiger partial charge in [-0.15, -0.1) is 0 Å². The van der Waals surface area contributed by atoms with Crippen molar-refractivity contribution >= 4 is 20.3 Å². The minimum absolute atomic E-state index is 0.0766. The lowest BCUT2D eigenvalue weighted by Gasteiger charge is -2.50. The highest BCUT2D eigenvalue weighted by atomic mass is 28.4. The zero-order valence-corrected chi connectivity index (χ0v) is 40.8. The van der Waals surface area contributed by atoms with Gasteiger partial charge in [-0.1, -0.05) is 62.3 Å². The first-order valence-electron chi connectivity index (χ1n) is 22.7. The summed E-state index contributed by atoms with van der Waals surface area (Å²) in [4.78, 5) is 25.1. The summed E-state index contributed by atoms with van der Waals surface area (Å²) in [6.07, 6.45) is 4.22. The summed E-state index contributed by atoms with van der Waals surface area (Å²) >= 11 is 0. The molecule has 0 amide bonds. The molecule has 0 N–H and O–H groups in total. The molecule has 5 saturated heterocycles. The minimum Gasteiger partial charge on any atom is -0.469 e. The molecule has 0 bridgehead atoms. The monoisotopic (exact) mass is 855 g/mol. The molecule has 0 aromatic heterocycles. The third-order valence-electron chi connectivity index (χ3n) is 16.1. The van der Waals surface area contributed by atoms with E-state index in [1.807, 2.05) is 20.8 Å². The van der Waals surface area contributed by atoms with Crippen molar-refractivity contribution in [3.8, 4) is 0 Å². The van der Waals surface area contributed by atoms with Crippen molar-refractivity contribution in [2.45, 2.75) is 218 Å². The summed E-state index contributed by atoms with van der Waals surface area (Å²) in [5, 5.41) is 0.0766. The third-order valence-corrected chi connectivity index (χ3v) is 20.5. The predicted octanol–water partition coefficient (Wildman–Crippen LogP) is 8.62. The van der Waals surface area contributed by atoms with Crippen LogP contribution in [0.3, 0.4) is 0 Å². The highest BCUT2D eigenvalue weighted by Crippen LogP contribution is 2.55. The second-order valence-electron chi connectivity index (χ2n) is 21.1. The highest BCUT2D eigenvalue weighted by molar-refractivity contribution is 6.74. The summed E-state index contributed by atoms with van der Waals surface area (Å²) in [5.41, 5.74) is -1.13. The smallest absolute Gasteiger partial charge is 0.311 e. The molecule has 0 radical (unpaired) electrons. The van der Waals surface area contributed by atoms with Crippen LogP contribution in [0.5, 0.6) is 0 Å². The van der Waals surface area contributed by atoms with Gasteiger partial charge in [0.05, 0.1) is 67.5 Å². The number of hydrogen-bond donors (Lipinski definition) is 0. The Morgan fingerprint density at radius 3 is 2.19 bits per heavy atom. The predicted molar refractivity (Wildman–Crippen MR) is 227 cm³/mol. The van der Waals surface area contributed by atoms with Crippen LogP contribution in [-0.4, -0.2) is 114 Å². The van der Waals surface area contributed by atoms with E-state index >= 15 is 0 Å². The maximum absolute atomic E-state index is 12.6. The van der Waals surface area contributed by atoms with Crippen LogP contribution in [0.15, 0.2) is 0 Å². The fraction of sp³-hybridized carbons (Fsp3) is 0.957. The largest absolute Gasteiger partial charge is 0.469 e. The first kappa shape index (κ1) is 48.9. The summed E-state index contributed by atoms with van der Waals surface area (Å²) < 4.78 is 65.7. The number of hydrogen-bond acceptors (Lipinski definition) is 12. The third kappa shape index (κ3) is 9.54. The Morgan fingerprint density at radius 1 is 0.932 bits per heavy atom. The van der Waals surface area contributed by atoms with Crippen molar-refractivity contribution in [1.29, 1.82) is 0 Å². The van der Waals surface area contributed by atoms with E-state index in [0.29, 0.717) is 19.4 Å². The first-order chi connectivity index (χ1) is 27.4. The second kappa shape index (κ2) is 18.1. The summed E-state index contributed by atoms with van der Waals surface area (Å²) in [6.45, 7) is 30.2. The van der Waals surface area contributed by atoms with Gasteiger partial charge in [0.1, 0.15) is 6.10 Å². The molecule has 12 nitrogen and oxygen atoms in total. The van der Waals surface area contributed by atoms with E-state index < -0.39 is 55.3 Å². The molecule has 0 aromatic carbocycles. The van der Waals surface area contributed by atoms with Gasteiger partial charge in [0, 0.05) is 51.7 Å². The Balaban J connectivity index is 1.32. The number of methoxy groups -OCH3 is 3. The first-order valence-corrected chi connectivity index (χ1v) is 25.6. The molecular weight excluding hydrogens is 773 g/mol. The van der Waals surface area contributed by atoms with Crippen LogP contribution < -0.4 is 0 Å². The topological polar surface area (TPSA) is 126 Å². The molecule has 5 rings (SSSR count). The van der Waals surface area contributed by atoms with E-state index in [4.69, 9.17) is 47.1 Å². The van der Waals surface area contributed by atoms with Crippen molar-refractivity contribution in [1.82, 2.24) is 0 Å². The Bertz CT molecular complexity index is 1450. The van der Waals surface area contributed by atoms with Gasteiger partial charge in [0.2, 0.25) is 0 Å². The second-order valence-corrected chi connectivity index (χ2v) is 25.9. The summed E-state index contributed by atoms with van der Waals surface area (Å²) in [7, 11) is 2.70. The van der Waals surface area contributed by atoms with Gasteiger partial charge < -0.3 is 47.1 Å². The number of carbonyl (C=O) groups is 2. The highest BCUT2D eigenvalue weighted by Gasteiger charge is 2.63. The van der Waals surface area contributed by atoms with Crippen LogP contribution >= 0.6 is 0 Å². The van der Waals surface area contributed by atoms with Crippen molar-refractivity contribution in [3.63, 3.8) is 0 Å². The number of ether oxygens (including phenoxy) is 9. The van der Waals surface area contributed by atoms with Gasteiger partial charge in [0.15, 0.2) is 19.9 Å². The molecule has 13 heteroatoms. The molecule has 5 aliphatic heterocycles. The van der Waals surface area contributed by atoms with Gasteiger partial charge >= 0.3 is 11.9 Å². The maximum Gasteiger partial charge on any atom is 0.311 e. The zero-order valence-electron chi connectivity index (χ0n) is 39.8. The lowest BCUT2D eigenvalue weighted by Crippen LogP contribution is -2.59. The standard InChI is InChI=1S/C46H82O12Si/c1-18-44(40-28(3)24-34(54-40)37-27(2)23-29(4)46(51-15,57-37)26-52-59(16,17)42(9,10)11)20-19-36(55-44)43(12)21-22-45(58-43)25-35(53-33(8)47)30(5)39(56-45)31(6)38(49-13)32(7)41(48)50-14/h27-32,34-40H,18-26H2,1-17H3/t27-,28-,29+,30+,31-,32-,34+,35-,36+,37-,38+,39-,40+,43-,44-,45+,46-/m0/s1. The molecule has 0 aliphatic carbocycles. The average Bonchev–Trinajstić information content (AvgIpc) is 3.88. The molecule has 5 heterocycles. The van der Waals surface area contributed by atoms with E-state index in [9.17, 15) is 9.59 Å². The van der Waals surface area contributed by atoms with Gasteiger partial charge in [0.25, 0.3) is 0 Å². The lowest BCUT2D eigenvalue weighted by atomic mass is 9.78. The zero-order chi connectivity index (χ0) is 44.1. The fourth-order valence-electron chi connectivity index (χ4n) is 11.2. The number of esters is 2. The molecule has 5 fully saturated rings. The van der Waals surface area contributed by atoms with Crippen molar-refractivity contribution in [2.75, 3.05) is 27.9 Å². The normalized spacial score (nSPS) is 43.4. The van der Waals surface area contributed by atoms with Gasteiger partial charge in [-0.3, -0.25) is 9.59 Å². The van der Waals surface area contributed by atoms with Crippen LogP contribution in [0.25, 0.3) is 0 Å². The Hall–Kier alpha value is -1.16. The maximum atomic E-state index is 12.6. The number of carbonyl (C=O) groups excluding carboxylic acids is 2. The van der Waals surface area contributed by atoms with Crippen molar-refractivity contribution in [3.05, 3.63) is 0 Å².